The van der Waals surface area contributed by atoms with Crippen LogP contribution in [0.5, 0.6) is 0 Å². The Kier molecular flexibility index (Phi) is 5.37. The maximum Gasteiger partial charge on any atom is 0.416 e. The lowest BCUT2D eigenvalue weighted by atomic mass is 10.0. The average Bonchev–Trinajstić information content (AvgIpc) is 3.32. The van der Waals surface area contributed by atoms with Gasteiger partial charge in [-0.25, -0.2) is 0 Å². The van der Waals surface area contributed by atoms with Crippen molar-refractivity contribution in [3.8, 4) is 0 Å². The monoisotopic (exact) mass is 367 g/mol. The van der Waals surface area contributed by atoms with Gasteiger partial charge in [-0.2, -0.15) is 18.2 Å². The number of alkyl halides is 3. The van der Waals surface area contributed by atoms with Crippen molar-refractivity contribution in [2.75, 3.05) is 0 Å². The fourth-order valence-electron chi connectivity index (χ4n) is 3.10. The summed E-state index contributed by atoms with van der Waals surface area (Å²) in [6.45, 7) is 6.57. The van der Waals surface area contributed by atoms with Crippen molar-refractivity contribution in [1.29, 1.82) is 0 Å². The minimum absolute atomic E-state index is 0.156. The zero-order valence-corrected chi connectivity index (χ0v) is 15.3. The van der Waals surface area contributed by atoms with Gasteiger partial charge in [0.1, 0.15) is 0 Å². The molecule has 26 heavy (non-hydrogen) atoms. The first-order chi connectivity index (χ1) is 12.2. The Hall–Kier alpha value is -1.89. The van der Waals surface area contributed by atoms with Crippen LogP contribution in [0.2, 0.25) is 0 Å². The number of rotatable bonds is 7. The van der Waals surface area contributed by atoms with Crippen LogP contribution in [0, 0.1) is 5.92 Å². The normalized spacial score (nSPS) is 16.5. The molecule has 0 N–H and O–H groups in total. The summed E-state index contributed by atoms with van der Waals surface area (Å²) in [4.78, 5) is 6.60. The second kappa shape index (κ2) is 7.39. The Morgan fingerprint density at radius 2 is 1.96 bits per heavy atom. The zero-order chi connectivity index (χ0) is 18.9. The van der Waals surface area contributed by atoms with E-state index >= 15 is 0 Å². The Labute approximate surface area is 151 Å². The summed E-state index contributed by atoms with van der Waals surface area (Å²) in [6, 6.07) is 5.75. The molecule has 0 radical (unpaired) electrons. The fourth-order valence-corrected chi connectivity index (χ4v) is 3.10. The van der Waals surface area contributed by atoms with E-state index in [1.165, 1.54) is 12.1 Å². The van der Waals surface area contributed by atoms with E-state index < -0.39 is 11.7 Å². The third-order valence-corrected chi connectivity index (χ3v) is 4.63. The van der Waals surface area contributed by atoms with E-state index in [2.05, 4.69) is 28.9 Å². The highest BCUT2D eigenvalue weighted by Gasteiger charge is 2.35. The fraction of sp³-hybridized carbons (Fsp3) is 0.579. The minimum Gasteiger partial charge on any atom is -0.339 e. The Balaban J connectivity index is 1.77. The Bertz CT molecular complexity index is 738. The molecule has 0 saturated heterocycles. The van der Waals surface area contributed by atoms with Gasteiger partial charge in [0.2, 0.25) is 5.89 Å². The van der Waals surface area contributed by atoms with Gasteiger partial charge in [0, 0.05) is 18.5 Å². The van der Waals surface area contributed by atoms with E-state index in [4.69, 9.17) is 4.52 Å². The van der Waals surface area contributed by atoms with Gasteiger partial charge in [0.15, 0.2) is 5.82 Å². The molecular formula is C19H24F3N3O. The summed E-state index contributed by atoms with van der Waals surface area (Å²) >= 11 is 0. The van der Waals surface area contributed by atoms with Crippen molar-refractivity contribution in [1.82, 2.24) is 15.0 Å². The molecule has 3 rings (SSSR count). The highest BCUT2D eigenvalue weighted by molar-refractivity contribution is 5.28. The number of benzene rings is 1. The number of hydrogen-bond donors (Lipinski definition) is 0. The van der Waals surface area contributed by atoms with E-state index in [1.54, 1.807) is 6.07 Å². The molecule has 7 heteroatoms. The molecule has 142 valence electrons. The first-order valence-corrected chi connectivity index (χ1v) is 8.98. The molecule has 1 atom stereocenters. The van der Waals surface area contributed by atoms with E-state index in [1.807, 2.05) is 6.92 Å². The number of nitrogens with zero attached hydrogens (tertiary/aromatic N) is 3. The van der Waals surface area contributed by atoms with Crippen LogP contribution in [0.4, 0.5) is 13.2 Å². The predicted octanol–water partition coefficient (Wildman–Crippen LogP) is 5.01. The number of halogens is 3. The molecule has 1 saturated carbocycles. The smallest absolute Gasteiger partial charge is 0.339 e. The van der Waals surface area contributed by atoms with Gasteiger partial charge in [-0.1, -0.05) is 31.1 Å². The SMILES string of the molecule is CC(C)Cc1nc(CN(C2CC2)C(C)c2cccc(C(F)(F)F)c2)no1. The Morgan fingerprint density at radius 1 is 1.23 bits per heavy atom. The summed E-state index contributed by atoms with van der Waals surface area (Å²) in [5, 5.41) is 4.04. The molecule has 0 bridgehead atoms. The molecule has 1 heterocycles. The predicted molar refractivity (Wildman–Crippen MR) is 91.3 cm³/mol. The molecule has 1 aromatic carbocycles. The van der Waals surface area contributed by atoms with Gasteiger partial charge in [0.05, 0.1) is 12.1 Å². The Morgan fingerprint density at radius 3 is 2.58 bits per heavy atom. The van der Waals surface area contributed by atoms with Gasteiger partial charge in [-0.15, -0.1) is 0 Å². The summed E-state index contributed by atoms with van der Waals surface area (Å²) in [7, 11) is 0. The number of hydrogen-bond acceptors (Lipinski definition) is 4. The molecule has 0 spiro atoms. The van der Waals surface area contributed by atoms with Crippen molar-refractivity contribution in [2.24, 2.45) is 5.92 Å². The van der Waals surface area contributed by atoms with E-state index in [0.29, 0.717) is 35.8 Å². The van der Waals surface area contributed by atoms with Crippen LogP contribution in [0.15, 0.2) is 28.8 Å². The van der Waals surface area contributed by atoms with Gasteiger partial charge < -0.3 is 4.52 Å². The molecule has 1 aliphatic carbocycles. The van der Waals surface area contributed by atoms with Crippen LogP contribution in [0.25, 0.3) is 0 Å². The first-order valence-electron chi connectivity index (χ1n) is 8.98. The molecule has 1 fully saturated rings. The molecule has 1 unspecified atom stereocenters. The van der Waals surface area contributed by atoms with Crippen LogP contribution in [-0.4, -0.2) is 21.1 Å². The highest BCUT2D eigenvalue weighted by atomic mass is 19.4. The van der Waals surface area contributed by atoms with E-state index in [0.717, 1.165) is 25.3 Å². The topological polar surface area (TPSA) is 42.2 Å². The third-order valence-electron chi connectivity index (χ3n) is 4.63. The van der Waals surface area contributed by atoms with Crippen molar-refractivity contribution in [3.63, 3.8) is 0 Å². The van der Waals surface area contributed by atoms with Crippen LogP contribution in [0.3, 0.4) is 0 Å². The zero-order valence-electron chi connectivity index (χ0n) is 15.3. The summed E-state index contributed by atoms with van der Waals surface area (Å²) in [5.41, 5.74) is 0.0361. The third kappa shape index (κ3) is 4.63. The van der Waals surface area contributed by atoms with Crippen molar-refractivity contribution in [2.45, 2.75) is 64.8 Å². The molecule has 0 amide bonds. The van der Waals surface area contributed by atoms with Gasteiger partial charge in [-0.3, -0.25) is 4.90 Å². The average molecular weight is 367 g/mol. The molecule has 0 aliphatic heterocycles. The summed E-state index contributed by atoms with van der Waals surface area (Å²) in [6.07, 6.45) is -1.53. The lowest BCUT2D eigenvalue weighted by Crippen LogP contribution is -2.29. The largest absolute Gasteiger partial charge is 0.416 e. The van der Waals surface area contributed by atoms with E-state index in [-0.39, 0.29) is 6.04 Å². The lowest BCUT2D eigenvalue weighted by molar-refractivity contribution is -0.137. The maximum atomic E-state index is 13.0. The summed E-state index contributed by atoms with van der Waals surface area (Å²) < 4.78 is 44.3. The quantitative estimate of drug-likeness (QED) is 0.690. The minimum atomic E-state index is -4.33. The first kappa shape index (κ1) is 18.9. The second-order valence-electron chi connectivity index (χ2n) is 7.41. The van der Waals surface area contributed by atoms with Crippen molar-refractivity contribution < 1.29 is 17.7 Å². The van der Waals surface area contributed by atoms with Gasteiger partial charge >= 0.3 is 6.18 Å². The molecule has 1 aromatic heterocycles. The maximum absolute atomic E-state index is 13.0. The van der Waals surface area contributed by atoms with Crippen LogP contribution in [-0.2, 0) is 19.1 Å². The van der Waals surface area contributed by atoms with Crippen LogP contribution >= 0.6 is 0 Å². The van der Waals surface area contributed by atoms with Crippen LogP contribution < -0.4 is 0 Å². The lowest BCUT2D eigenvalue weighted by Gasteiger charge is -2.28. The molecule has 4 nitrogen and oxygen atoms in total. The van der Waals surface area contributed by atoms with E-state index in [9.17, 15) is 13.2 Å². The summed E-state index contributed by atoms with van der Waals surface area (Å²) in [5.74, 6) is 1.62. The molecular weight excluding hydrogens is 343 g/mol. The number of aromatic nitrogens is 2. The molecule has 1 aliphatic rings. The molecule has 2 aromatic rings. The second-order valence-corrected chi connectivity index (χ2v) is 7.41. The standard InChI is InChI=1S/C19H24F3N3O/c1-12(2)9-18-23-17(24-26-18)11-25(16-7-8-16)13(3)14-5-4-6-15(10-14)19(20,21)22/h4-6,10,12-13,16H,7-9,11H2,1-3H3. The van der Waals surface area contributed by atoms with Gasteiger partial charge in [-0.05, 0) is 43.4 Å². The van der Waals surface area contributed by atoms with Crippen LogP contribution in [0.1, 0.15) is 62.5 Å². The highest BCUT2D eigenvalue weighted by Crippen LogP contribution is 2.37. The van der Waals surface area contributed by atoms with Crippen molar-refractivity contribution in [3.05, 3.63) is 47.1 Å². The van der Waals surface area contributed by atoms with Crippen molar-refractivity contribution >= 4 is 0 Å². The van der Waals surface area contributed by atoms with Gasteiger partial charge in [0.25, 0.3) is 0 Å².